The van der Waals surface area contributed by atoms with Crippen LogP contribution >= 0.6 is 23.1 Å². The maximum Gasteiger partial charge on any atom is 0.410 e. The summed E-state index contributed by atoms with van der Waals surface area (Å²) in [5.41, 5.74) is 0. The molecular formula is C14H18N2O5S2. The number of cyclic esters (lactones) is 1. The molecule has 9 heteroatoms. The van der Waals surface area contributed by atoms with Gasteiger partial charge in [0, 0.05) is 12.3 Å². The Labute approximate surface area is 142 Å². The van der Waals surface area contributed by atoms with Gasteiger partial charge in [-0.2, -0.15) is 0 Å². The van der Waals surface area contributed by atoms with E-state index in [2.05, 4.69) is 4.98 Å². The van der Waals surface area contributed by atoms with Gasteiger partial charge in [0.05, 0.1) is 18.3 Å². The Bertz CT molecular complexity index is 589. The molecule has 0 saturated carbocycles. The van der Waals surface area contributed by atoms with E-state index in [0.29, 0.717) is 23.1 Å². The molecule has 1 aromatic heterocycles. The van der Waals surface area contributed by atoms with Crippen LogP contribution in [0, 0.1) is 0 Å². The first kappa shape index (κ1) is 17.8. The zero-order valence-corrected chi connectivity index (χ0v) is 14.2. The third kappa shape index (κ3) is 4.95. The van der Waals surface area contributed by atoms with Crippen molar-refractivity contribution in [3.63, 3.8) is 0 Å². The lowest BCUT2D eigenvalue weighted by Crippen LogP contribution is -2.34. The maximum absolute atomic E-state index is 11.7. The Kier molecular flexibility index (Phi) is 6.43. The van der Waals surface area contributed by atoms with E-state index in [1.54, 1.807) is 17.1 Å². The van der Waals surface area contributed by atoms with Gasteiger partial charge in [-0.15, -0.1) is 11.3 Å². The van der Waals surface area contributed by atoms with E-state index in [0.717, 1.165) is 11.3 Å². The lowest BCUT2D eigenvalue weighted by Gasteiger charge is -2.18. The van der Waals surface area contributed by atoms with E-state index in [4.69, 9.17) is 9.84 Å². The largest absolute Gasteiger partial charge is 0.477 e. The first-order chi connectivity index (χ1) is 11.0. The summed E-state index contributed by atoms with van der Waals surface area (Å²) in [5, 5.41) is 18.4. The fourth-order valence-corrected chi connectivity index (χ4v) is 3.76. The Balaban J connectivity index is 1.85. The average Bonchev–Trinajstić information content (AvgIpc) is 3.13. The molecule has 2 rings (SSSR count). The fraction of sp³-hybridized carbons (Fsp3) is 0.500. The van der Waals surface area contributed by atoms with E-state index in [1.165, 1.54) is 18.0 Å². The number of thioether (sulfide) groups is 1. The standard InChI is InChI=1S/C14H18N2O5S2/c1-2-10(17)4-3-9-8-21-14(20)16(9)5-6-22-13-15-7-11(23-13)12(18)19/h3-4,7,9-10,17H,2,5-6,8H2,1H3,(H,18,19)/b4-3+/t9-,10-/m0/s1. The third-order valence-electron chi connectivity index (χ3n) is 3.24. The first-order valence-electron chi connectivity index (χ1n) is 7.13. The number of nitrogens with zero attached hydrogens (tertiary/aromatic N) is 2. The van der Waals surface area contributed by atoms with Crippen molar-refractivity contribution in [2.75, 3.05) is 18.9 Å². The topological polar surface area (TPSA) is 100.0 Å². The molecule has 0 aliphatic carbocycles. The van der Waals surface area contributed by atoms with Gasteiger partial charge in [-0.05, 0) is 6.42 Å². The highest BCUT2D eigenvalue weighted by Crippen LogP contribution is 2.25. The molecule has 1 aliphatic heterocycles. The van der Waals surface area contributed by atoms with Crippen LogP contribution in [0.15, 0.2) is 22.7 Å². The molecule has 1 fully saturated rings. The quantitative estimate of drug-likeness (QED) is 0.542. The highest BCUT2D eigenvalue weighted by Gasteiger charge is 2.30. The lowest BCUT2D eigenvalue weighted by molar-refractivity contribution is 0.0702. The Hall–Kier alpha value is -1.58. The summed E-state index contributed by atoms with van der Waals surface area (Å²) in [4.78, 5) is 28.4. The van der Waals surface area contributed by atoms with Gasteiger partial charge in [0.25, 0.3) is 0 Å². The molecule has 1 saturated heterocycles. The second kappa shape index (κ2) is 8.32. The average molecular weight is 358 g/mol. The molecule has 1 amide bonds. The van der Waals surface area contributed by atoms with Crippen molar-refractivity contribution in [1.29, 1.82) is 0 Å². The van der Waals surface area contributed by atoms with E-state index in [-0.39, 0.29) is 23.6 Å². The van der Waals surface area contributed by atoms with E-state index < -0.39 is 12.1 Å². The van der Waals surface area contributed by atoms with Crippen molar-refractivity contribution in [3.8, 4) is 0 Å². The SMILES string of the molecule is CC[C@H](O)/C=C/[C@H]1COC(=O)N1CCSc1ncc(C(=O)O)s1. The summed E-state index contributed by atoms with van der Waals surface area (Å²) in [7, 11) is 0. The van der Waals surface area contributed by atoms with Crippen molar-refractivity contribution in [2.45, 2.75) is 29.8 Å². The zero-order chi connectivity index (χ0) is 16.8. The molecule has 2 N–H and O–H groups in total. The molecule has 0 aromatic carbocycles. The van der Waals surface area contributed by atoms with Crippen LogP contribution in [0.2, 0.25) is 0 Å². The Morgan fingerprint density at radius 3 is 3.13 bits per heavy atom. The third-order valence-corrected chi connectivity index (χ3v) is 5.36. The summed E-state index contributed by atoms with van der Waals surface area (Å²) in [6.45, 7) is 2.61. The number of hydrogen-bond donors (Lipinski definition) is 2. The number of ether oxygens (including phenoxy) is 1. The number of carboxylic acid groups (broad SMARTS) is 1. The number of aromatic nitrogens is 1. The van der Waals surface area contributed by atoms with Gasteiger partial charge < -0.3 is 14.9 Å². The van der Waals surface area contributed by atoms with E-state index in [1.807, 2.05) is 6.92 Å². The van der Waals surface area contributed by atoms with Gasteiger partial charge >= 0.3 is 12.1 Å². The second-order valence-corrected chi connectivity index (χ2v) is 7.21. The monoisotopic (exact) mass is 358 g/mol. The molecule has 1 aliphatic rings. The normalized spacial score (nSPS) is 19.3. The minimum Gasteiger partial charge on any atom is -0.477 e. The molecule has 0 spiro atoms. The number of amides is 1. The minimum absolute atomic E-state index is 0.185. The van der Waals surface area contributed by atoms with Crippen LogP contribution in [0.3, 0.4) is 0 Å². The molecule has 0 bridgehead atoms. The number of aliphatic hydroxyl groups is 1. The number of carboxylic acids is 1. The van der Waals surface area contributed by atoms with E-state index >= 15 is 0 Å². The fourth-order valence-electron chi connectivity index (χ4n) is 1.93. The number of thiazole rings is 1. The number of aliphatic hydroxyl groups excluding tert-OH is 1. The van der Waals surface area contributed by atoms with Crippen molar-refractivity contribution in [2.24, 2.45) is 0 Å². The second-order valence-electron chi connectivity index (χ2n) is 4.84. The molecule has 7 nitrogen and oxygen atoms in total. The van der Waals surface area contributed by atoms with Gasteiger partial charge in [-0.1, -0.05) is 30.8 Å². The lowest BCUT2D eigenvalue weighted by atomic mass is 10.2. The highest BCUT2D eigenvalue weighted by atomic mass is 32.2. The number of aromatic carboxylic acids is 1. The molecule has 2 heterocycles. The molecule has 126 valence electrons. The van der Waals surface area contributed by atoms with E-state index in [9.17, 15) is 14.7 Å². The van der Waals surface area contributed by atoms with Crippen LogP contribution in [-0.2, 0) is 4.74 Å². The molecular weight excluding hydrogens is 340 g/mol. The number of carbonyl (C=O) groups is 2. The van der Waals surface area contributed by atoms with Crippen LogP contribution in [0.4, 0.5) is 4.79 Å². The van der Waals surface area contributed by atoms with Crippen LogP contribution < -0.4 is 0 Å². The van der Waals surface area contributed by atoms with Crippen LogP contribution in [0.1, 0.15) is 23.0 Å². The molecule has 0 unspecified atom stereocenters. The highest BCUT2D eigenvalue weighted by molar-refractivity contribution is 8.01. The summed E-state index contributed by atoms with van der Waals surface area (Å²) in [6.07, 6.45) is 4.51. The molecule has 1 aromatic rings. The van der Waals surface area contributed by atoms with Crippen LogP contribution in [0.25, 0.3) is 0 Å². The Morgan fingerprint density at radius 2 is 2.48 bits per heavy atom. The summed E-state index contributed by atoms with van der Waals surface area (Å²) in [6, 6.07) is -0.185. The minimum atomic E-state index is -0.989. The number of hydrogen-bond acceptors (Lipinski definition) is 7. The zero-order valence-electron chi connectivity index (χ0n) is 12.5. The van der Waals surface area contributed by atoms with Crippen molar-refractivity contribution in [1.82, 2.24) is 9.88 Å². The summed E-state index contributed by atoms with van der Waals surface area (Å²) >= 11 is 2.51. The van der Waals surface area contributed by atoms with Gasteiger partial charge in [0.2, 0.25) is 0 Å². The maximum atomic E-state index is 11.7. The predicted octanol–water partition coefficient (Wildman–Crippen LogP) is 2.08. The summed E-state index contributed by atoms with van der Waals surface area (Å²) in [5.74, 6) is -0.403. The van der Waals surface area contributed by atoms with Gasteiger partial charge in [-0.3, -0.25) is 4.90 Å². The van der Waals surface area contributed by atoms with Crippen molar-refractivity contribution >= 4 is 35.2 Å². The van der Waals surface area contributed by atoms with Gasteiger partial charge in [-0.25, -0.2) is 14.6 Å². The van der Waals surface area contributed by atoms with Crippen molar-refractivity contribution < 1.29 is 24.5 Å². The molecule has 0 radical (unpaired) electrons. The smallest absolute Gasteiger partial charge is 0.410 e. The van der Waals surface area contributed by atoms with Crippen LogP contribution in [0.5, 0.6) is 0 Å². The van der Waals surface area contributed by atoms with Gasteiger partial charge in [0.15, 0.2) is 4.34 Å². The van der Waals surface area contributed by atoms with Gasteiger partial charge in [0.1, 0.15) is 11.5 Å². The number of rotatable bonds is 8. The first-order valence-corrected chi connectivity index (χ1v) is 8.93. The summed E-state index contributed by atoms with van der Waals surface area (Å²) < 4.78 is 5.69. The number of carbonyl (C=O) groups excluding carboxylic acids is 1. The van der Waals surface area contributed by atoms with Crippen molar-refractivity contribution in [3.05, 3.63) is 23.2 Å². The van der Waals surface area contributed by atoms with Crippen LogP contribution in [-0.4, -0.2) is 63.2 Å². The molecule has 2 atom stereocenters. The molecule has 23 heavy (non-hydrogen) atoms. The Morgan fingerprint density at radius 1 is 1.70 bits per heavy atom. The predicted molar refractivity (Wildman–Crippen MR) is 87.1 cm³/mol.